The van der Waals surface area contributed by atoms with E-state index in [0.29, 0.717) is 5.56 Å². The summed E-state index contributed by atoms with van der Waals surface area (Å²) < 4.78 is 0.898. The van der Waals surface area contributed by atoms with Gasteiger partial charge < -0.3 is 20.9 Å². The van der Waals surface area contributed by atoms with Crippen molar-refractivity contribution in [1.29, 1.82) is 0 Å². The highest BCUT2D eigenvalue weighted by Crippen LogP contribution is 2.38. The fraction of sp³-hybridized carbons (Fsp3) is 0.300. The van der Waals surface area contributed by atoms with E-state index in [-0.39, 0.29) is 24.4 Å². The highest BCUT2D eigenvalue weighted by atomic mass is 79.9. The number of halogens is 2. The standard InChI is InChI=1S/C20H22BrN5O.ClH/c1-12-4-2-5-13(8-12)20(27)25-16-10-24-19-17(16)18(15(21)9-23-19)26-7-3-6-14(22)11-26;/h2,4-5,8-10,14H,3,6-7,11,22H2,1H3,(H,23,24)(H,25,27);1H/t14-;/m1./s1. The second-order valence-corrected chi connectivity index (χ2v) is 7.91. The first-order chi connectivity index (χ1) is 13.0. The van der Waals surface area contributed by atoms with E-state index in [1.54, 1.807) is 12.4 Å². The SMILES string of the molecule is Cc1cccc(C(=O)Nc2c[nH]c3ncc(Br)c(N4CCC[C@@H](N)C4)c23)c1.Cl. The molecule has 1 fully saturated rings. The molecule has 4 rings (SSSR count). The van der Waals surface area contributed by atoms with Gasteiger partial charge in [0.25, 0.3) is 5.91 Å². The van der Waals surface area contributed by atoms with Crippen molar-refractivity contribution in [1.82, 2.24) is 9.97 Å². The Hall–Kier alpha value is -2.09. The summed E-state index contributed by atoms with van der Waals surface area (Å²) in [5.74, 6) is -0.138. The molecule has 1 aromatic carbocycles. The summed E-state index contributed by atoms with van der Waals surface area (Å²) in [5.41, 5.74) is 10.4. The minimum absolute atomic E-state index is 0. The molecule has 0 aliphatic carbocycles. The maximum atomic E-state index is 12.7. The quantitative estimate of drug-likeness (QED) is 0.541. The Morgan fingerprint density at radius 1 is 1.43 bits per heavy atom. The molecule has 1 aliphatic heterocycles. The number of nitrogens with one attached hydrogen (secondary N) is 2. The normalized spacial score (nSPS) is 16.7. The average molecular weight is 465 g/mol. The summed E-state index contributed by atoms with van der Waals surface area (Å²) in [6.45, 7) is 3.69. The third-order valence-corrected chi connectivity index (χ3v) is 5.51. The lowest BCUT2D eigenvalue weighted by Crippen LogP contribution is -2.43. The predicted molar refractivity (Wildman–Crippen MR) is 120 cm³/mol. The summed E-state index contributed by atoms with van der Waals surface area (Å²) in [6, 6.07) is 7.70. The van der Waals surface area contributed by atoms with E-state index in [2.05, 4.69) is 36.1 Å². The number of piperidine rings is 1. The number of hydrogen-bond donors (Lipinski definition) is 3. The average Bonchev–Trinajstić information content (AvgIpc) is 3.04. The molecular formula is C20H23BrClN5O. The van der Waals surface area contributed by atoms with Gasteiger partial charge in [0.05, 0.1) is 21.2 Å². The minimum Gasteiger partial charge on any atom is -0.368 e. The monoisotopic (exact) mass is 463 g/mol. The van der Waals surface area contributed by atoms with Gasteiger partial charge >= 0.3 is 0 Å². The van der Waals surface area contributed by atoms with E-state index in [1.807, 2.05) is 31.2 Å². The third kappa shape index (κ3) is 4.01. The zero-order chi connectivity index (χ0) is 19.0. The van der Waals surface area contributed by atoms with Gasteiger partial charge in [0.1, 0.15) is 5.65 Å². The van der Waals surface area contributed by atoms with Crippen LogP contribution in [-0.4, -0.2) is 35.0 Å². The van der Waals surface area contributed by atoms with Crippen LogP contribution in [0.4, 0.5) is 11.4 Å². The molecule has 0 radical (unpaired) electrons. The van der Waals surface area contributed by atoms with Crippen molar-refractivity contribution in [3.8, 4) is 0 Å². The molecule has 1 aliphatic rings. The number of pyridine rings is 1. The van der Waals surface area contributed by atoms with Crippen molar-refractivity contribution in [2.45, 2.75) is 25.8 Å². The molecule has 3 aromatic rings. The van der Waals surface area contributed by atoms with E-state index in [4.69, 9.17) is 5.73 Å². The number of aromatic amines is 1. The zero-order valence-electron chi connectivity index (χ0n) is 15.5. The number of amides is 1. The van der Waals surface area contributed by atoms with Gasteiger partial charge in [-0.15, -0.1) is 12.4 Å². The number of nitrogens with zero attached hydrogens (tertiary/aromatic N) is 2. The van der Waals surface area contributed by atoms with Crippen molar-refractivity contribution in [2.24, 2.45) is 5.73 Å². The van der Waals surface area contributed by atoms with Crippen LogP contribution in [0.2, 0.25) is 0 Å². The second-order valence-electron chi connectivity index (χ2n) is 7.05. The van der Waals surface area contributed by atoms with E-state index in [9.17, 15) is 4.79 Å². The van der Waals surface area contributed by atoms with Crippen LogP contribution >= 0.6 is 28.3 Å². The maximum Gasteiger partial charge on any atom is 0.255 e. The molecule has 28 heavy (non-hydrogen) atoms. The van der Waals surface area contributed by atoms with Crippen molar-refractivity contribution in [2.75, 3.05) is 23.3 Å². The molecule has 0 unspecified atom stereocenters. The fourth-order valence-corrected chi connectivity index (χ4v) is 4.21. The van der Waals surface area contributed by atoms with Crippen molar-refractivity contribution in [3.05, 3.63) is 52.3 Å². The molecule has 1 amide bonds. The number of rotatable bonds is 3. The van der Waals surface area contributed by atoms with E-state index >= 15 is 0 Å². The Kier molecular flexibility index (Phi) is 6.27. The lowest BCUT2D eigenvalue weighted by Gasteiger charge is -2.33. The highest BCUT2D eigenvalue weighted by Gasteiger charge is 2.24. The van der Waals surface area contributed by atoms with Crippen molar-refractivity contribution >= 4 is 56.7 Å². The van der Waals surface area contributed by atoms with Gasteiger partial charge in [0.2, 0.25) is 0 Å². The van der Waals surface area contributed by atoms with Crippen LogP contribution in [0.15, 0.2) is 41.1 Å². The number of aromatic nitrogens is 2. The van der Waals surface area contributed by atoms with Gasteiger partial charge in [-0.25, -0.2) is 4.98 Å². The molecule has 2 aromatic heterocycles. The number of anilines is 2. The molecule has 1 atom stereocenters. The Labute approximate surface area is 178 Å². The van der Waals surface area contributed by atoms with E-state index in [0.717, 1.165) is 58.4 Å². The summed E-state index contributed by atoms with van der Waals surface area (Å²) in [7, 11) is 0. The number of carbonyl (C=O) groups is 1. The first kappa shape index (κ1) is 20.6. The van der Waals surface area contributed by atoms with Gasteiger partial charge in [0, 0.05) is 37.1 Å². The number of hydrogen-bond acceptors (Lipinski definition) is 4. The lowest BCUT2D eigenvalue weighted by atomic mass is 10.1. The van der Waals surface area contributed by atoms with E-state index < -0.39 is 0 Å². The molecule has 8 heteroatoms. The molecule has 0 spiro atoms. The highest BCUT2D eigenvalue weighted by molar-refractivity contribution is 9.10. The first-order valence-corrected chi connectivity index (χ1v) is 9.86. The van der Waals surface area contributed by atoms with Gasteiger partial charge in [-0.3, -0.25) is 4.79 Å². The number of nitrogens with two attached hydrogens (primary N) is 1. The molecule has 148 valence electrons. The van der Waals surface area contributed by atoms with Crippen LogP contribution in [0.5, 0.6) is 0 Å². The van der Waals surface area contributed by atoms with Crippen LogP contribution in [0, 0.1) is 6.92 Å². The lowest BCUT2D eigenvalue weighted by molar-refractivity contribution is 0.102. The molecule has 3 heterocycles. The number of fused-ring (bicyclic) bond motifs is 1. The van der Waals surface area contributed by atoms with Crippen LogP contribution in [0.1, 0.15) is 28.8 Å². The number of benzene rings is 1. The Bertz CT molecular complexity index is 1010. The zero-order valence-corrected chi connectivity index (χ0v) is 17.9. The smallest absolute Gasteiger partial charge is 0.255 e. The van der Waals surface area contributed by atoms with Crippen LogP contribution < -0.4 is 16.0 Å². The number of H-pyrrole nitrogens is 1. The molecule has 1 saturated heterocycles. The van der Waals surface area contributed by atoms with Crippen molar-refractivity contribution < 1.29 is 4.79 Å². The number of carbonyl (C=O) groups excluding carboxylic acids is 1. The topological polar surface area (TPSA) is 87.0 Å². The van der Waals surface area contributed by atoms with Gasteiger partial charge in [0.15, 0.2) is 0 Å². The molecular weight excluding hydrogens is 442 g/mol. The Morgan fingerprint density at radius 2 is 2.25 bits per heavy atom. The Balaban J connectivity index is 0.00000225. The van der Waals surface area contributed by atoms with Gasteiger partial charge in [-0.1, -0.05) is 17.7 Å². The van der Waals surface area contributed by atoms with E-state index in [1.165, 1.54) is 0 Å². The Morgan fingerprint density at radius 3 is 3.00 bits per heavy atom. The summed E-state index contributed by atoms with van der Waals surface area (Å²) in [5, 5.41) is 3.94. The van der Waals surface area contributed by atoms with Crippen molar-refractivity contribution in [3.63, 3.8) is 0 Å². The third-order valence-electron chi connectivity index (χ3n) is 4.93. The fourth-order valence-electron chi connectivity index (χ4n) is 3.66. The summed E-state index contributed by atoms with van der Waals surface area (Å²) in [4.78, 5) is 22.6. The van der Waals surface area contributed by atoms with Crippen LogP contribution in [-0.2, 0) is 0 Å². The summed E-state index contributed by atoms with van der Waals surface area (Å²) >= 11 is 3.64. The van der Waals surface area contributed by atoms with Gasteiger partial charge in [-0.05, 0) is 47.8 Å². The molecule has 0 saturated carbocycles. The second kappa shape index (κ2) is 8.51. The maximum absolute atomic E-state index is 12.7. The molecule has 4 N–H and O–H groups in total. The predicted octanol–water partition coefficient (Wildman–Crippen LogP) is 4.24. The first-order valence-electron chi connectivity index (χ1n) is 9.07. The van der Waals surface area contributed by atoms with Gasteiger partial charge in [-0.2, -0.15) is 0 Å². The minimum atomic E-state index is -0.138. The number of aryl methyl sites for hydroxylation is 1. The summed E-state index contributed by atoms with van der Waals surface area (Å²) in [6.07, 6.45) is 5.67. The molecule has 6 nitrogen and oxygen atoms in total. The van der Waals surface area contributed by atoms with Crippen LogP contribution in [0.25, 0.3) is 11.0 Å². The van der Waals surface area contributed by atoms with Crippen LogP contribution in [0.3, 0.4) is 0 Å². The largest absolute Gasteiger partial charge is 0.368 e. The molecule has 0 bridgehead atoms.